The van der Waals surface area contributed by atoms with Gasteiger partial charge >= 0.3 is 0 Å². The lowest BCUT2D eigenvalue weighted by Crippen LogP contribution is -1.76. The van der Waals surface area contributed by atoms with Gasteiger partial charge < -0.3 is 0 Å². The molecule has 0 atom stereocenters. The van der Waals surface area contributed by atoms with Crippen molar-refractivity contribution in [3.63, 3.8) is 0 Å². The Morgan fingerprint density at radius 2 is 2.30 bits per heavy atom. The first-order valence-electron chi connectivity index (χ1n) is 2.71. The minimum atomic E-state index is 0.597. The second-order valence-corrected chi connectivity index (χ2v) is 2.13. The van der Waals surface area contributed by atoms with Crippen LogP contribution in [0.1, 0.15) is 5.56 Å². The first kappa shape index (κ1) is 7.11. The third-order valence-electron chi connectivity index (χ3n) is 0.938. The first-order chi connectivity index (χ1) is 4.83. The molecule has 0 saturated carbocycles. The van der Waals surface area contributed by atoms with Gasteiger partial charge in [-0.25, -0.2) is 0 Å². The van der Waals surface area contributed by atoms with Crippen molar-refractivity contribution in [1.29, 1.82) is 0 Å². The summed E-state index contributed by atoms with van der Waals surface area (Å²) in [6.07, 6.45) is 3.21. The summed E-state index contributed by atoms with van der Waals surface area (Å²) in [7, 11) is 0. The Hall–Kier alpha value is -1.00. The predicted octanol–water partition coefficient (Wildman–Crippen LogP) is 1.92. The standard InChI is InChI=1S/C8H5ClN/c1-2-3-7-4-8(9)6-10-5-7/h4-6H,1H2. The van der Waals surface area contributed by atoms with E-state index in [4.69, 9.17) is 11.6 Å². The van der Waals surface area contributed by atoms with Gasteiger partial charge in [0, 0.05) is 24.9 Å². The molecule has 0 unspecified atom stereocenters. The smallest absolute Gasteiger partial charge is 0.0601 e. The van der Waals surface area contributed by atoms with E-state index in [1.165, 1.54) is 0 Å². The van der Waals surface area contributed by atoms with Crippen LogP contribution in [-0.4, -0.2) is 4.98 Å². The second kappa shape index (κ2) is 3.24. The highest BCUT2D eigenvalue weighted by Gasteiger charge is 1.87. The number of halogens is 1. The average Bonchev–Trinajstić information content (AvgIpc) is 1.88. The molecule has 1 radical (unpaired) electrons. The van der Waals surface area contributed by atoms with Gasteiger partial charge in [0.25, 0.3) is 0 Å². The van der Waals surface area contributed by atoms with E-state index in [-0.39, 0.29) is 0 Å². The van der Waals surface area contributed by atoms with Crippen molar-refractivity contribution < 1.29 is 0 Å². The largest absolute Gasteiger partial charge is 0.262 e. The maximum Gasteiger partial charge on any atom is 0.0601 e. The maximum atomic E-state index is 5.63. The monoisotopic (exact) mass is 150 g/mol. The average molecular weight is 151 g/mol. The summed E-state index contributed by atoms with van der Waals surface area (Å²) >= 11 is 5.63. The molecule has 0 aliphatic rings. The summed E-state index contributed by atoms with van der Waals surface area (Å²) in [4.78, 5) is 3.84. The molecule has 0 bridgehead atoms. The summed E-state index contributed by atoms with van der Waals surface area (Å²) in [6, 6.07) is 1.74. The number of hydrogen-bond donors (Lipinski definition) is 0. The van der Waals surface area contributed by atoms with Crippen LogP contribution in [-0.2, 0) is 0 Å². The minimum Gasteiger partial charge on any atom is -0.262 e. The zero-order chi connectivity index (χ0) is 7.40. The lowest BCUT2D eigenvalue weighted by Gasteiger charge is -1.88. The Balaban J connectivity index is 3.03. The van der Waals surface area contributed by atoms with Gasteiger partial charge in [0.2, 0.25) is 0 Å². The van der Waals surface area contributed by atoms with E-state index in [1.807, 2.05) is 0 Å². The van der Waals surface area contributed by atoms with E-state index < -0.39 is 0 Å². The van der Waals surface area contributed by atoms with E-state index in [2.05, 4.69) is 23.7 Å². The van der Waals surface area contributed by atoms with Crippen LogP contribution in [0.3, 0.4) is 0 Å². The van der Waals surface area contributed by atoms with Crippen LogP contribution in [0, 0.1) is 18.8 Å². The fraction of sp³-hybridized carbons (Fsp3) is 0. The second-order valence-electron chi connectivity index (χ2n) is 1.69. The van der Waals surface area contributed by atoms with Gasteiger partial charge in [-0.05, 0) is 6.07 Å². The quantitative estimate of drug-likeness (QED) is 0.515. The highest BCUT2D eigenvalue weighted by molar-refractivity contribution is 6.30. The van der Waals surface area contributed by atoms with Gasteiger partial charge in [-0.15, -0.1) is 0 Å². The minimum absolute atomic E-state index is 0.597. The van der Waals surface area contributed by atoms with Crippen molar-refractivity contribution in [3.8, 4) is 11.8 Å². The molecule has 0 aromatic carbocycles. The molecule has 1 rings (SSSR count). The molecule has 1 nitrogen and oxygen atoms in total. The van der Waals surface area contributed by atoms with E-state index in [0.29, 0.717) is 5.02 Å². The van der Waals surface area contributed by atoms with Crippen molar-refractivity contribution in [3.05, 3.63) is 36.0 Å². The molecule has 0 aliphatic carbocycles. The van der Waals surface area contributed by atoms with E-state index in [1.54, 1.807) is 18.5 Å². The van der Waals surface area contributed by atoms with Crippen LogP contribution >= 0.6 is 11.6 Å². The Bertz CT molecular complexity index is 283. The zero-order valence-corrected chi connectivity index (χ0v) is 6.02. The normalized spacial score (nSPS) is 8.20. The van der Waals surface area contributed by atoms with E-state index in [0.717, 1.165) is 5.56 Å². The lowest BCUT2D eigenvalue weighted by atomic mass is 10.3. The molecule has 0 amide bonds. The first-order valence-corrected chi connectivity index (χ1v) is 3.09. The Labute approximate surface area is 65.0 Å². The highest BCUT2D eigenvalue weighted by Crippen LogP contribution is 2.06. The molecule has 1 heterocycles. The molecular formula is C8H5ClN. The number of rotatable bonds is 0. The molecule has 0 N–H and O–H groups in total. The fourth-order valence-electron chi connectivity index (χ4n) is 0.582. The summed E-state index contributed by atoms with van der Waals surface area (Å²) in [5, 5.41) is 0.597. The topological polar surface area (TPSA) is 12.9 Å². The van der Waals surface area contributed by atoms with Gasteiger partial charge in [-0.2, -0.15) is 0 Å². The Kier molecular flexibility index (Phi) is 2.30. The van der Waals surface area contributed by atoms with E-state index >= 15 is 0 Å². The highest BCUT2D eigenvalue weighted by atomic mass is 35.5. The maximum absolute atomic E-state index is 5.63. The van der Waals surface area contributed by atoms with Crippen LogP contribution in [0.2, 0.25) is 5.02 Å². The Morgan fingerprint density at radius 1 is 1.50 bits per heavy atom. The molecular weight excluding hydrogens is 146 g/mol. The third-order valence-corrected chi connectivity index (χ3v) is 1.14. The fourth-order valence-corrected chi connectivity index (χ4v) is 0.756. The summed E-state index contributed by atoms with van der Waals surface area (Å²) in [5.41, 5.74) is 0.794. The van der Waals surface area contributed by atoms with Gasteiger partial charge in [0.15, 0.2) is 0 Å². The number of aromatic nitrogens is 1. The van der Waals surface area contributed by atoms with Crippen LogP contribution in [0.25, 0.3) is 0 Å². The van der Waals surface area contributed by atoms with Crippen LogP contribution in [0.4, 0.5) is 0 Å². The molecule has 49 valence electrons. The zero-order valence-electron chi connectivity index (χ0n) is 5.26. The third kappa shape index (κ3) is 1.75. The van der Waals surface area contributed by atoms with Crippen molar-refractivity contribution in [1.82, 2.24) is 4.98 Å². The Morgan fingerprint density at radius 3 is 2.90 bits per heavy atom. The predicted molar refractivity (Wildman–Crippen MR) is 41.5 cm³/mol. The van der Waals surface area contributed by atoms with Crippen LogP contribution < -0.4 is 0 Å². The molecule has 10 heavy (non-hydrogen) atoms. The van der Waals surface area contributed by atoms with Crippen molar-refractivity contribution >= 4 is 11.6 Å². The van der Waals surface area contributed by atoms with Crippen molar-refractivity contribution in [2.24, 2.45) is 0 Å². The van der Waals surface area contributed by atoms with Crippen LogP contribution in [0.15, 0.2) is 18.5 Å². The molecule has 0 spiro atoms. The van der Waals surface area contributed by atoms with Crippen LogP contribution in [0.5, 0.6) is 0 Å². The lowest BCUT2D eigenvalue weighted by molar-refractivity contribution is 1.31. The molecule has 1 aromatic heterocycles. The molecule has 0 fully saturated rings. The number of pyridine rings is 1. The summed E-state index contributed by atoms with van der Waals surface area (Å²) < 4.78 is 0. The van der Waals surface area contributed by atoms with Gasteiger partial charge in [0.1, 0.15) is 0 Å². The molecule has 2 heteroatoms. The van der Waals surface area contributed by atoms with Gasteiger partial charge in [-0.3, -0.25) is 4.98 Å². The molecule has 1 aromatic rings. The molecule has 0 saturated heterocycles. The van der Waals surface area contributed by atoms with Crippen molar-refractivity contribution in [2.75, 3.05) is 0 Å². The SMILES string of the molecule is [CH2]C#Cc1cncc(Cl)c1. The number of nitrogens with zero attached hydrogens (tertiary/aromatic N) is 1. The summed E-state index contributed by atoms with van der Waals surface area (Å²) in [6.45, 7) is 3.38. The van der Waals surface area contributed by atoms with Crippen molar-refractivity contribution in [2.45, 2.75) is 0 Å². The molecule has 0 aliphatic heterocycles. The van der Waals surface area contributed by atoms with Gasteiger partial charge in [0.05, 0.1) is 5.02 Å². The number of hydrogen-bond acceptors (Lipinski definition) is 1. The van der Waals surface area contributed by atoms with Gasteiger partial charge in [-0.1, -0.05) is 23.4 Å². The summed E-state index contributed by atoms with van der Waals surface area (Å²) in [5.74, 6) is 5.25. The van der Waals surface area contributed by atoms with E-state index in [9.17, 15) is 0 Å².